The number of thiazole rings is 1. The second kappa shape index (κ2) is 9.85. The Kier molecular flexibility index (Phi) is 6.52. The fourth-order valence-corrected chi connectivity index (χ4v) is 3.78. The molecule has 1 aromatic heterocycles. The largest absolute Gasteiger partial charge is 0.494 e. The number of rotatable bonds is 8. The molecule has 1 N–H and O–H groups in total. The van der Waals surface area contributed by atoms with Crippen LogP contribution >= 0.6 is 11.3 Å². The normalized spacial score (nSPS) is 10.5. The Morgan fingerprint density at radius 1 is 0.833 bits per heavy atom. The molecule has 1 amide bonds. The molecule has 0 fully saturated rings. The molecule has 0 saturated heterocycles. The molecule has 0 aliphatic rings. The van der Waals surface area contributed by atoms with Gasteiger partial charge in [-0.1, -0.05) is 72.8 Å². The highest BCUT2D eigenvalue weighted by Gasteiger charge is 2.09. The quantitative estimate of drug-likeness (QED) is 0.346. The molecule has 0 aliphatic carbocycles. The van der Waals surface area contributed by atoms with Crippen molar-refractivity contribution in [3.63, 3.8) is 0 Å². The number of carbonyl (C=O) groups excluding carboxylic acids is 1. The van der Waals surface area contributed by atoms with Gasteiger partial charge >= 0.3 is 0 Å². The van der Waals surface area contributed by atoms with Crippen molar-refractivity contribution in [3.8, 4) is 28.1 Å². The lowest BCUT2D eigenvalue weighted by Gasteiger charge is -2.05. The van der Waals surface area contributed by atoms with Crippen LogP contribution in [0.4, 0.5) is 5.13 Å². The van der Waals surface area contributed by atoms with Crippen LogP contribution < -0.4 is 10.1 Å². The van der Waals surface area contributed by atoms with Crippen LogP contribution in [0.3, 0.4) is 0 Å². The minimum atomic E-state index is -0.0491. The molecule has 4 nitrogen and oxygen atoms in total. The van der Waals surface area contributed by atoms with Crippen LogP contribution in [0.25, 0.3) is 22.4 Å². The maximum atomic E-state index is 12.2. The number of anilines is 1. The predicted molar refractivity (Wildman–Crippen MR) is 123 cm³/mol. The van der Waals surface area contributed by atoms with E-state index in [1.165, 1.54) is 22.5 Å². The standard InChI is InChI=1S/C25H22N2O2S/c28-24(12-7-17-29-22-10-5-2-6-11-22)27-25-26-23(18-30-25)21-15-13-20(14-16-21)19-8-3-1-4-9-19/h1-6,8-11,13-16,18H,7,12,17H2,(H,26,27,28). The smallest absolute Gasteiger partial charge is 0.226 e. The van der Waals surface area contributed by atoms with Crippen LogP contribution in [-0.2, 0) is 4.79 Å². The summed E-state index contributed by atoms with van der Waals surface area (Å²) in [5.41, 5.74) is 4.25. The van der Waals surface area contributed by atoms with Gasteiger partial charge in [0.25, 0.3) is 0 Å². The highest BCUT2D eigenvalue weighted by molar-refractivity contribution is 7.14. The molecular formula is C25H22N2O2S. The topological polar surface area (TPSA) is 51.2 Å². The van der Waals surface area contributed by atoms with Crippen LogP contribution in [-0.4, -0.2) is 17.5 Å². The van der Waals surface area contributed by atoms with E-state index < -0.39 is 0 Å². The van der Waals surface area contributed by atoms with Crippen molar-refractivity contribution in [1.29, 1.82) is 0 Å². The van der Waals surface area contributed by atoms with Crippen molar-refractivity contribution < 1.29 is 9.53 Å². The number of hydrogen-bond acceptors (Lipinski definition) is 4. The Bertz CT molecular complexity index is 1080. The summed E-state index contributed by atoms with van der Waals surface area (Å²) in [6.45, 7) is 0.508. The van der Waals surface area contributed by atoms with Crippen LogP contribution in [0.2, 0.25) is 0 Å². The zero-order valence-corrected chi connectivity index (χ0v) is 17.3. The average molecular weight is 415 g/mol. The Hall–Kier alpha value is -3.44. The van der Waals surface area contributed by atoms with Crippen molar-refractivity contribution in [2.24, 2.45) is 0 Å². The van der Waals surface area contributed by atoms with Crippen LogP contribution in [0.5, 0.6) is 5.75 Å². The summed E-state index contributed by atoms with van der Waals surface area (Å²) in [5, 5.41) is 5.46. The molecule has 30 heavy (non-hydrogen) atoms. The number of nitrogens with zero attached hydrogens (tertiary/aromatic N) is 1. The van der Waals surface area contributed by atoms with E-state index in [1.807, 2.05) is 53.9 Å². The first-order valence-corrected chi connectivity index (χ1v) is 10.7. The molecule has 4 aromatic rings. The molecule has 0 atom stereocenters. The van der Waals surface area contributed by atoms with Gasteiger partial charge in [-0.25, -0.2) is 4.98 Å². The fraction of sp³-hybridized carbons (Fsp3) is 0.120. The van der Waals surface area contributed by atoms with Gasteiger partial charge in [-0.15, -0.1) is 11.3 Å². The van der Waals surface area contributed by atoms with Gasteiger partial charge in [0.2, 0.25) is 5.91 Å². The summed E-state index contributed by atoms with van der Waals surface area (Å²) in [7, 11) is 0. The van der Waals surface area contributed by atoms with E-state index in [-0.39, 0.29) is 5.91 Å². The number of aromatic nitrogens is 1. The number of para-hydroxylation sites is 1. The Morgan fingerprint density at radius 2 is 1.47 bits per heavy atom. The molecular weight excluding hydrogens is 392 g/mol. The lowest BCUT2D eigenvalue weighted by Crippen LogP contribution is -2.12. The zero-order chi connectivity index (χ0) is 20.6. The van der Waals surface area contributed by atoms with E-state index >= 15 is 0 Å². The van der Waals surface area contributed by atoms with Crippen LogP contribution in [0.15, 0.2) is 90.3 Å². The number of ether oxygens (including phenoxy) is 1. The van der Waals surface area contributed by atoms with Gasteiger partial charge in [-0.3, -0.25) is 4.79 Å². The predicted octanol–water partition coefficient (Wildman–Crippen LogP) is 6.27. The van der Waals surface area contributed by atoms with Gasteiger partial charge in [0, 0.05) is 17.4 Å². The number of benzene rings is 3. The van der Waals surface area contributed by atoms with Crippen molar-refractivity contribution in [3.05, 3.63) is 90.3 Å². The van der Waals surface area contributed by atoms with Gasteiger partial charge in [-0.05, 0) is 29.7 Å². The third kappa shape index (κ3) is 5.33. The van der Waals surface area contributed by atoms with Crippen molar-refractivity contribution in [1.82, 2.24) is 4.98 Å². The first-order valence-electron chi connectivity index (χ1n) is 9.87. The number of amides is 1. The molecule has 0 radical (unpaired) electrons. The van der Waals surface area contributed by atoms with Crippen molar-refractivity contribution in [2.75, 3.05) is 11.9 Å². The molecule has 0 saturated carbocycles. The van der Waals surface area contributed by atoms with Gasteiger partial charge in [-0.2, -0.15) is 0 Å². The molecule has 0 unspecified atom stereocenters. The summed E-state index contributed by atoms with van der Waals surface area (Å²) < 4.78 is 5.62. The third-order valence-corrected chi connectivity index (χ3v) is 5.36. The highest BCUT2D eigenvalue weighted by atomic mass is 32.1. The third-order valence-electron chi connectivity index (χ3n) is 4.60. The Balaban J connectivity index is 1.28. The number of carbonyl (C=O) groups is 1. The maximum absolute atomic E-state index is 12.2. The van der Waals surface area contributed by atoms with Crippen molar-refractivity contribution in [2.45, 2.75) is 12.8 Å². The van der Waals surface area contributed by atoms with Crippen molar-refractivity contribution >= 4 is 22.4 Å². The van der Waals surface area contributed by atoms with Gasteiger partial charge in [0.15, 0.2) is 5.13 Å². The first-order chi connectivity index (χ1) is 14.8. The molecule has 0 aliphatic heterocycles. The van der Waals surface area contributed by atoms with E-state index in [0.29, 0.717) is 24.6 Å². The lowest BCUT2D eigenvalue weighted by atomic mass is 10.0. The summed E-state index contributed by atoms with van der Waals surface area (Å²) in [4.78, 5) is 16.7. The zero-order valence-electron chi connectivity index (χ0n) is 16.5. The van der Waals surface area contributed by atoms with Gasteiger partial charge < -0.3 is 10.1 Å². The summed E-state index contributed by atoms with van der Waals surface area (Å²) >= 11 is 1.44. The minimum Gasteiger partial charge on any atom is -0.494 e. The molecule has 0 bridgehead atoms. The first kappa shape index (κ1) is 19.9. The van der Waals surface area contributed by atoms with Crippen LogP contribution in [0, 0.1) is 0 Å². The van der Waals surface area contributed by atoms with Crippen LogP contribution in [0.1, 0.15) is 12.8 Å². The summed E-state index contributed by atoms with van der Waals surface area (Å²) in [5.74, 6) is 0.771. The Labute approximate surface area is 180 Å². The monoisotopic (exact) mass is 414 g/mol. The van der Waals surface area contributed by atoms with E-state index in [1.54, 1.807) is 0 Å². The van der Waals surface area contributed by atoms with E-state index in [0.717, 1.165) is 17.0 Å². The van der Waals surface area contributed by atoms with Gasteiger partial charge in [0.1, 0.15) is 5.75 Å². The minimum absolute atomic E-state index is 0.0491. The number of nitrogens with one attached hydrogen (secondary N) is 1. The highest BCUT2D eigenvalue weighted by Crippen LogP contribution is 2.27. The molecule has 3 aromatic carbocycles. The SMILES string of the molecule is O=C(CCCOc1ccccc1)Nc1nc(-c2ccc(-c3ccccc3)cc2)cs1. The summed E-state index contributed by atoms with van der Waals surface area (Å²) in [6, 6.07) is 28.2. The maximum Gasteiger partial charge on any atom is 0.226 e. The van der Waals surface area contributed by atoms with E-state index in [2.05, 4.69) is 46.7 Å². The fourth-order valence-electron chi connectivity index (χ4n) is 3.05. The van der Waals surface area contributed by atoms with E-state index in [9.17, 15) is 4.79 Å². The summed E-state index contributed by atoms with van der Waals surface area (Å²) in [6.07, 6.45) is 1.05. The van der Waals surface area contributed by atoms with Gasteiger partial charge in [0.05, 0.1) is 12.3 Å². The average Bonchev–Trinajstić information content (AvgIpc) is 3.26. The lowest BCUT2D eigenvalue weighted by molar-refractivity contribution is -0.116. The second-order valence-corrected chi connectivity index (χ2v) is 7.65. The second-order valence-electron chi connectivity index (χ2n) is 6.79. The van der Waals surface area contributed by atoms with E-state index in [4.69, 9.17) is 4.74 Å². The molecule has 0 spiro atoms. The molecule has 150 valence electrons. The molecule has 4 rings (SSSR count). The number of hydrogen-bond donors (Lipinski definition) is 1. The molecule has 1 heterocycles. The Morgan fingerprint density at radius 3 is 2.20 bits per heavy atom. The molecule has 5 heteroatoms.